The molecule has 14 heavy (non-hydrogen) atoms. The summed E-state index contributed by atoms with van der Waals surface area (Å²) in [6, 6.07) is 10.0. The Bertz CT molecular complexity index is 437. The van der Waals surface area contributed by atoms with E-state index in [2.05, 4.69) is 26.1 Å². The first kappa shape index (κ1) is 9.34. The van der Waals surface area contributed by atoms with Crippen molar-refractivity contribution in [2.24, 2.45) is 0 Å². The lowest BCUT2D eigenvalue weighted by molar-refractivity contribution is 1.02. The second-order valence-electron chi connectivity index (χ2n) is 3.07. The lowest BCUT2D eigenvalue weighted by Crippen LogP contribution is -1.89. The Morgan fingerprint density at radius 3 is 2.43 bits per heavy atom. The molecule has 2 rings (SSSR count). The summed E-state index contributed by atoms with van der Waals surface area (Å²) in [5.41, 5.74) is 3.18. The second kappa shape index (κ2) is 3.88. The van der Waals surface area contributed by atoms with Gasteiger partial charge in [-0.15, -0.1) is 0 Å². The fourth-order valence-corrected chi connectivity index (χ4v) is 1.55. The van der Waals surface area contributed by atoms with Gasteiger partial charge in [-0.25, -0.2) is 0 Å². The van der Waals surface area contributed by atoms with Crippen molar-refractivity contribution in [1.82, 2.24) is 10.2 Å². The third-order valence-corrected chi connectivity index (χ3v) is 2.57. The zero-order valence-corrected chi connectivity index (χ0v) is 9.32. The second-order valence-corrected chi connectivity index (χ2v) is 3.99. The van der Waals surface area contributed by atoms with Gasteiger partial charge in [0.15, 0.2) is 0 Å². The molecule has 70 valence electrons. The molecule has 0 amide bonds. The molecule has 0 fully saturated rings. The summed E-state index contributed by atoms with van der Waals surface area (Å²) in [7, 11) is 0. The quantitative estimate of drug-likeness (QED) is 0.775. The van der Waals surface area contributed by atoms with Gasteiger partial charge in [0, 0.05) is 16.2 Å². The predicted molar refractivity (Wildman–Crippen MR) is 59.9 cm³/mol. The molecule has 0 unspecified atom stereocenters. The number of hydrogen-bond donors (Lipinski definition) is 0. The monoisotopic (exact) mass is 248 g/mol. The fraction of sp³-hybridized carbons (Fsp3) is 0.0909. The first-order chi connectivity index (χ1) is 6.77. The van der Waals surface area contributed by atoms with E-state index in [0.29, 0.717) is 0 Å². The van der Waals surface area contributed by atoms with Crippen molar-refractivity contribution in [3.63, 3.8) is 0 Å². The van der Waals surface area contributed by atoms with Crippen LogP contribution in [0.25, 0.3) is 11.3 Å². The van der Waals surface area contributed by atoms with E-state index < -0.39 is 0 Å². The van der Waals surface area contributed by atoms with Crippen LogP contribution >= 0.6 is 15.9 Å². The molecule has 0 N–H and O–H groups in total. The molecule has 1 aromatic carbocycles. The average Bonchev–Trinajstić information content (AvgIpc) is 2.20. The summed E-state index contributed by atoms with van der Waals surface area (Å²) in [6.07, 6.45) is 1.71. The van der Waals surface area contributed by atoms with Crippen molar-refractivity contribution in [1.29, 1.82) is 0 Å². The van der Waals surface area contributed by atoms with Gasteiger partial charge in [0.2, 0.25) is 0 Å². The Morgan fingerprint density at radius 1 is 1.07 bits per heavy atom. The van der Waals surface area contributed by atoms with Gasteiger partial charge in [0.05, 0.1) is 5.69 Å². The van der Waals surface area contributed by atoms with Crippen LogP contribution in [0.3, 0.4) is 0 Å². The van der Waals surface area contributed by atoms with Crippen LogP contribution in [0, 0.1) is 6.92 Å². The molecule has 1 heterocycles. The molecule has 2 aromatic rings. The van der Waals surface area contributed by atoms with Crippen LogP contribution in [-0.2, 0) is 0 Å². The smallest absolute Gasteiger partial charge is 0.0958 e. The van der Waals surface area contributed by atoms with Crippen LogP contribution in [-0.4, -0.2) is 10.2 Å². The van der Waals surface area contributed by atoms with Crippen LogP contribution in [0.15, 0.2) is 41.0 Å². The number of nitrogens with zero attached hydrogens (tertiary/aromatic N) is 2. The first-order valence-electron chi connectivity index (χ1n) is 4.31. The van der Waals surface area contributed by atoms with E-state index in [9.17, 15) is 0 Å². The summed E-state index contributed by atoms with van der Waals surface area (Å²) < 4.78 is 1.07. The molecule has 1 aromatic heterocycles. The Kier molecular flexibility index (Phi) is 2.59. The standard InChI is InChI=1S/C11H9BrN2/c1-8-6-7-13-14-11(8)9-2-4-10(12)5-3-9/h2-7H,1H3. The number of halogens is 1. The highest BCUT2D eigenvalue weighted by molar-refractivity contribution is 9.10. The first-order valence-corrected chi connectivity index (χ1v) is 5.11. The van der Waals surface area contributed by atoms with E-state index >= 15 is 0 Å². The molecule has 0 spiro atoms. The number of rotatable bonds is 1. The number of aryl methyl sites for hydroxylation is 1. The van der Waals surface area contributed by atoms with Crippen LogP contribution in [0.2, 0.25) is 0 Å². The highest BCUT2D eigenvalue weighted by atomic mass is 79.9. The maximum Gasteiger partial charge on any atom is 0.0958 e. The molecule has 0 saturated carbocycles. The van der Waals surface area contributed by atoms with Gasteiger partial charge in [-0.1, -0.05) is 28.1 Å². The van der Waals surface area contributed by atoms with E-state index in [-0.39, 0.29) is 0 Å². The Labute approximate surface area is 91.1 Å². The van der Waals surface area contributed by atoms with Crippen LogP contribution in [0.4, 0.5) is 0 Å². The minimum atomic E-state index is 0.944. The van der Waals surface area contributed by atoms with E-state index in [1.165, 1.54) is 0 Å². The lowest BCUT2D eigenvalue weighted by atomic mass is 10.1. The zero-order valence-electron chi connectivity index (χ0n) is 7.74. The molecule has 0 aliphatic rings. The maximum absolute atomic E-state index is 4.11. The maximum atomic E-state index is 4.11. The average molecular weight is 249 g/mol. The normalized spacial score (nSPS) is 10.1. The Hall–Kier alpha value is -1.22. The predicted octanol–water partition coefficient (Wildman–Crippen LogP) is 3.21. The number of hydrogen-bond acceptors (Lipinski definition) is 2. The van der Waals surface area contributed by atoms with Crippen LogP contribution < -0.4 is 0 Å². The molecule has 0 radical (unpaired) electrons. The van der Waals surface area contributed by atoms with Gasteiger partial charge in [-0.2, -0.15) is 10.2 Å². The molecule has 0 aliphatic carbocycles. The minimum Gasteiger partial charge on any atom is -0.159 e. The molecule has 3 heteroatoms. The van der Waals surface area contributed by atoms with Crippen LogP contribution in [0.5, 0.6) is 0 Å². The molecule has 2 nitrogen and oxygen atoms in total. The molecule has 0 saturated heterocycles. The largest absolute Gasteiger partial charge is 0.159 e. The highest BCUT2D eigenvalue weighted by Gasteiger charge is 2.02. The lowest BCUT2D eigenvalue weighted by Gasteiger charge is -2.02. The van der Waals surface area contributed by atoms with Crippen molar-refractivity contribution >= 4 is 15.9 Å². The van der Waals surface area contributed by atoms with Gasteiger partial charge in [0.25, 0.3) is 0 Å². The molecular formula is C11H9BrN2. The molecule has 0 atom stereocenters. The Balaban J connectivity index is 2.50. The molecule has 0 aliphatic heterocycles. The molecule has 0 bridgehead atoms. The van der Waals surface area contributed by atoms with Gasteiger partial charge < -0.3 is 0 Å². The van der Waals surface area contributed by atoms with E-state index in [1.807, 2.05) is 37.3 Å². The van der Waals surface area contributed by atoms with E-state index in [4.69, 9.17) is 0 Å². The summed E-state index contributed by atoms with van der Waals surface area (Å²) >= 11 is 3.40. The summed E-state index contributed by atoms with van der Waals surface area (Å²) in [6.45, 7) is 2.03. The third kappa shape index (κ3) is 1.82. The van der Waals surface area contributed by atoms with Crippen molar-refractivity contribution in [3.8, 4) is 11.3 Å². The van der Waals surface area contributed by atoms with Crippen molar-refractivity contribution in [2.75, 3.05) is 0 Å². The van der Waals surface area contributed by atoms with Crippen LogP contribution in [0.1, 0.15) is 5.56 Å². The minimum absolute atomic E-state index is 0.944. The summed E-state index contributed by atoms with van der Waals surface area (Å²) in [4.78, 5) is 0. The van der Waals surface area contributed by atoms with Gasteiger partial charge in [0.1, 0.15) is 0 Å². The summed E-state index contributed by atoms with van der Waals surface area (Å²) in [5.74, 6) is 0. The number of aromatic nitrogens is 2. The zero-order chi connectivity index (χ0) is 9.97. The van der Waals surface area contributed by atoms with Crippen molar-refractivity contribution in [2.45, 2.75) is 6.92 Å². The summed E-state index contributed by atoms with van der Waals surface area (Å²) in [5, 5.41) is 8.00. The van der Waals surface area contributed by atoms with E-state index in [0.717, 1.165) is 21.3 Å². The van der Waals surface area contributed by atoms with Crippen molar-refractivity contribution < 1.29 is 0 Å². The highest BCUT2D eigenvalue weighted by Crippen LogP contribution is 2.21. The third-order valence-electron chi connectivity index (χ3n) is 2.04. The van der Waals surface area contributed by atoms with Gasteiger partial charge in [-0.3, -0.25) is 0 Å². The van der Waals surface area contributed by atoms with Gasteiger partial charge in [-0.05, 0) is 30.7 Å². The SMILES string of the molecule is Cc1ccnnc1-c1ccc(Br)cc1. The van der Waals surface area contributed by atoms with E-state index in [1.54, 1.807) is 6.20 Å². The van der Waals surface area contributed by atoms with Gasteiger partial charge >= 0.3 is 0 Å². The van der Waals surface area contributed by atoms with Crippen molar-refractivity contribution in [3.05, 3.63) is 46.6 Å². The topological polar surface area (TPSA) is 25.8 Å². The fourth-order valence-electron chi connectivity index (χ4n) is 1.29. The number of benzene rings is 1. The Morgan fingerprint density at radius 2 is 1.79 bits per heavy atom. The molecular weight excluding hydrogens is 240 g/mol.